The van der Waals surface area contributed by atoms with Crippen molar-refractivity contribution in [1.29, 1.82) is 0 Å². The van der Waals surface area contributed by atoms with Crippen LogP contribution in [0.1, 0.15) is 10.4 Å². The number of ether oxygens (including phenoxy) is 1. The molecule has 3 rings (SSSR count). The highest BCUT2D eigenvalue weighted by Gasteiger charge is 2.13. The molecular weight excluding hydrogens is 282 g/mol. The van der Waals surface area contributed by atoms with Crippen LogP contribution >= 0.6 is 0 Å². The third-order valence-electron chi connectivity index (χ3n) is 3.42. The summed E-state index contributed by atoms with van der Waals surface area (Å²) in [7, 11) is 1.45. The standard InChI is InChI=1S/C17H13NO4/c1-22-16-8-10(6-7-15(16)19)14-9-12(17(20)21)11-4-2-3-5-13(11)18-14/h2-9,19H,1H3,(H,20,21). The van der Waals surface area contributed by atoms with Crippen molar-refractivity contribution >= 4 is 16.9 Å². The van der Waals surface area contributed by atoms with E-state index in [1.54, 1.807) is 30.3 Å². The number of hydrogen-bond acceptors (Lipinski definition) is 4. The molecule has 0 bridgehead atoms. The van der Waals surface area contributed by atoms with Crippen molar-refractivity contribution in [3.63, 3.8) is 0 Å². The fourth-order valence-corrected chi connectivity index (χ4v) is 2.34. The van der Waals surface area contributed by atoms with E-state index in [9.17, 15) is 15.0 Å². The van der Waals surface area contributed by atoms with Gasteiger partial charge < -0.3 is 14.9 Å². The zero-order chi connectivity index (χ0) is 15.7. The van der Waals surface area contributed by atoms with Gasteiger partial charge in [-0.25, -0.2) is 9.78 Å². The van der Waals surface area contributed by atoms with Crippen LogP contribution in [0.15, 0.2) is 48.5 Å². The van der Waals surface area contributed by atoms with Gasteiger partial charge in [-0.15, -0.1) is 0 Å². The van der Waals surface area contributed by atoms with E-state index in [2.05, 4.69) is 4.98 Å². The molecule has 2 N–H and O–H groups in total. The van der Waals surface area contributed by atoms with E-state index in [-0.39, 0.29) is 11.3 Å². The highest BCUT2D eigenvalue weighted by molar-refractivity contribution is 6.03. The van der Waals surface area contributed by atoms with Gasteiger partial charge in [-0.3, -0.25) is 0 Å². The minimum Gasteiger partial charge on any atom is -0.504 e. The fraction of sp³-hybridized carbons (Fsp3) is 0.0588. The Morgan fingerprint density at radius 1 is 1.14 bits per heavy atom. The maximum absolute atomic E-state index is 11.5. The summed E-state index contributed by atoms with van der Waals surface area (Å²) in [5, 5.41) is 19.7. The van der Waals surface area contributed by atoms with E-state index in [4.69, 9.17) is 4.74 Å². The van der Waals surface area contributed by atoms with Crippen molar-refractivity contribution in [2.75, 3.05) is 7.11 Å². The zero-order valence-corrected chi connectivity index (χ0v) is 11.8. The molecule has 5 nitrogen and oxygen atoms in total. The summed E-state index contributed by atoms with van der Waals surface area (Å²) < 4.78 is 5.08. The second-order valence-electron chi connectivity index (χ2n) is 4.76. The van der Waals surface area contributed by atoms with Gasteiger partial charge in [-0.2, -0.15) is 0 Å². The van der Waals surface area contributed by atoms with E-state index < -0.39 is 5.97 Å². The predicted octanol–water partition coefficient (Wildman–Crippen LogP) is 3.31. The Balaban J connectivity index is 2.25. The highest BCUT2D eigenvalue weighted by atomic mass is 16.5. The third-order valence-corrected chi connectivity index (χ3v) is 3.42. The van der Waals surface area contributed by atoms with Crippen LogP contribution in [0.2, 0.25) is 0 Å². The Labute approximate surface area is 126 Å². The Morgan fingerprint density at radius 3 is 2.64 bits per heavy atom. The monoisotopic (exact) mass is 295 g/mol. The number of hydrogen-bond donors (Lipinski definition) is 2. The van der Waals surface area contributed by atoms with Crippen LogP contribution in [0, 0.1) is 0 Å². The van der Waals surface area contributed by atoms with E-state index in [0.29, 0.717) is 27.9 Å². The SMILES string of the molecule is COc1cc(-c2cc(C(=O)O)c3ccccc3n2)ccc1O. The molecule has 0 radical (unpaired) electrons. The second-order valence-corrected chi connectivity index (χ2v) is 4.76. The van der Waals surface area contributed by atoms with Gasteiger partial charge in [-0.1, -0.05) is 18.2 Å². The van der Waals surface area contributed by atoms with Crippen molar-refractivity contribution in [3.8, 4) is 22.8 Å². The Morgan fingerprint density at radius 2 is 1.91 bits per heavy atom. The molecule has 1 heterocycles. The highest BCUT2D eigenvalue weighted by Crippen LogP contribution is 2.32. The van der Waals surface area contributed by atoms with Crippen LogP contribution in [0.25, 0.3) is 22.2 Å². The van der Waals surface area contributed by atoms with E-state index in [1.807, 2.05) is 6.07 Å². The molecule has 0 unspecified atom stereocenters. The summed E-state index contributed by atoms with van der Waals surface area (Å²) in [6.45, 7) is 0. The Bertz CT molecular complexity index is 874. The molecular formula is C17H13NO4. The average molecular weight is 295 g/mol. The molecule has 5 heteroatoms. The molecule has 0 fully saturated rings. The molecule has 3 aromatic rings. The van der Waals surface area contributed by atoms with Crippen molar-refractivity contribution in [1.82, 2.24) is 4.98 Å². The second kappa shape index (κ2) is 5.37. The van der Waals surface area contributed by atoms with E-state index in [0.717, 1.165) is 0 Å². The summed E-state index contributed by atoms with van der Waals surface area (Å²) >= 11 is 0. The first-order chi connectivity index (χ1) is 10.6. The number of rotatable bonds is 3. The number of carboxylic acid groups (broad SMARTS) is 1. The van der Waals surface area contributed by atoms with E-state index in [1.165, 1.54) is 19.2 Å². The number of aromatic carboxylic acids is 1. The van der Waals surface area contributed by atoms with Gasteiger partial charge in [0.05, 0.1) is 23.9 Å². The summed E-state index contributed by atoms with van der Waals surface area (Å²) in [5.41, 5.74) is 1.97. The van der Waals surface area contributed by atoms with Gasteiger partial charge in [-0.05, 0) is 30.3 Å². The van der Waals surface area contributed by atoms with Crippen LogP contribution in [0.3, 0.4) is 0 Å². The predicted molar refractivity (Wildman–Crippen MR) is 82.4 cm³/mol. The van der Waals surface area contributed by atoms with Crippen molar-refractivity contribution in [2.45, 2.75) is 0 Å². The number of phenols is 1. The Hall–Kier alpha value is -3.08. The number of benzene rings is 2. The van der Waals surface area contributed by atoms with Gasteiger partial charge in [0.25, 0.3) is 0 Å². The molecule has 0 saturated carbocycles. The van der Waals surface area contributed by atoms with Gasteiger partial charge in [0, 0.05) is 10.9 Å². The van der Waals surface area contributed by atoms with Crippen LogP contribution < -0.4 is 4.74 Å². The van der Waals surface area contributed by atoms with Crippen molar-refractivity contribution in [3.05, 3.63) is 54.1 Å². The largest absolute Gasteiger partial charge is 0.504 e. The van der Waals surface area contributed by atoms with Gasteiger partial charge >= 0.3 is 5.97 Å². The van der Waals surface area contributed by atoms with Gasteiger partial charge in [0.15, 0.2) is 11.5 Å². The van der Waals surface area contributed by atoms with Crippen LogP contribution in [0.5, 0.6) is 11.5 Å². The lowest BCUT2D eigenvalue weighted by Crippen LogP contribution is -2.00. The molecule has 110 valence electrons. The molecule has 0 saturated heterocycles. The summed E-state index contributed by atoms with van der Waals surface area (Å²) in [5.74, 6) is -0.680. The number of pyridine rings is 1. The first-order valence-corrected chi connectivity index (χ1v) is 6.60. The molecule has 22 heavy (non-hydrogen) atoms. The smallest absolute Gasteiger partial charge is 0.336 e. The molecule has 0 atom stereocenters. The molecule has 1 aromatic heterocycles. The number of aromatic nitrogens is 1. The number of para-hydroxylation sites is 1. The first-order valence-electron chi connectivity index (χ1n) is 6.60. The average Bonchev–Trinajstić information content (AvgIpc) is 2.54. The van der Waals surface area contributed by atoms with Crippen LogP contribution in [-0.4, -0.2) is 28.3 Å². The number of nitrogens with zero attached hydrogens (tertiary/aromatic N) is 1. The molecule has 0 spiro atoms. The van der Waals surface area contributed by atoms with Crippen LogP contribution in [-0.2, 0) is 0 Å². The number of carbonyl (C=O) groups is 1. The minimum atomic E-state index is -1.01. The summed E-state index contributed by atoms with van der Waals surface area (Å²) in [4.78, 5) is 16.0. The number of methoxy groups -OCH3 is 1. The summed E-state index contributed by atoms with van der Waals surface area (Å²) in [6, 6.07) is 13.4. The molecule has 0 aliphatic carbocycles. The van der Waals surface area contributed by atoms with Gasteiger partial charge in [0.1, 0.15) is 0 Å². The molecule has 0 aliphatic rings. The van der Waals surface area contributed by atoms with Crippen molar-refractivity contribution in [2.24, 2.45) is 0 Å². The Kier molecular flexibility index (Phi) is 3.39. The lowest BCUT2D eigenvalue weighted by atomic mass is 10.0. The van der Waals surface area contributed by atoms with E-state index >= 15 is 0 Å². The molecule has 2 aromatic carbocycles. The lowest BCUT2D eigenvalue weighted by Gasteiger charge is -2.09. The maximum atomic E-state index is 11.5. The zero-order valence-electron chi connectivity index (χ0n) is 11.8. The third kappa shape index (κ3) is 2.33. The molecule has 0 aliphatic heterocycles. The van der Waals surface area contributed by atoms with Crippen LogP contribution in [0.4, 0.5) is 0 Å². The fourth-order valence-electron chi connectivity index (χ4n) is 2.34. The number of phenolic OH excluding ortho intramolecular Hbond substituents is 1. The minimum absolute atomic E-state index is 0.0190. The van der Waals surface area contributed by atoms with Gasteiger partial charge in [0.2, 0.25) is 0 Å². The van der Waals surface area contributed by atoms with Crippen molar-refractivity contribution < 1.29 is 19.7 Å². The normalized spacial score (nSPS) is 10.6. The quantitative estimate of drug-likeness (QED) is 0.775. The number of aromatic hydroxyl groups is 1. The number of carboxylic acids is 1. The molecule has 0 amide bonds. The first kappa shape index (κ1) is 13.9. The lowest BCUT2D eigenvalue weighted by molar-refractivity contribution is 0.0699. The topological polar surface area (TPSA) is 79.7 Å². The maximum Gasteiger partial charge on any atom is 0.336 e. The summed E-state index contributed by atoms with van der Waals surface area (Å²) in [6.07, 6.45) is 0. The number of fused-ring (bicyclic) bond motifs is 1.